The van der Waals surface area contributed by atoms with Crippen molar-refractivity contribution in [2.75, 3.05) is 0 Å². The van der Waals surface area contributed by atoms with Crippen molar-refractivity contribution in [3.05, 3.63) is 139 Å². The number of rotatable bonds is 2. The molecular weight excluding hydrogens is 515 g/mol. The predicted molar refractivity (Wildman–Crippen MR) is 177 cm³/mol. The molecule has 1 aliphatic rings. The van der Waals surface area contributed by atoms with Gasteiger partial charge in [0.05, 0.1) is 11.0 Å². The molecule has 0 saturated heterocycles. The van der Waals surface area contributed by atoms with Crippen LogP contribution in [-0.2, 0) is 5.41 Å². The van der Waals surface area contributed by atoms with E-state index in [0.29, 0.717) is 0 Å². The third kappa shape index (κ3) is 3.17. The summed E-state index contributed by atoms with van der Waals surface area (Å²) in [7, 11) is 0. The minimum absolute atomic E-state index is 0.103. The first-order valence-electron chi connectivity index (χ1n) is 14.3. The second-order valence-corrected chi connectivity index (χ2v) is 12.9. The van der Waals surface area contributed by atoms with E-state index in [9.17, 15) is 0 Å². The van der Waals surface area contributed by atoms with Crippen LogP contribution in [0.15, 0.2) is 127 Å². The molecule has 0 atom stereocenters. The van der Waals surface area contributed by atoms with Crippen LogP contribution in [0.25, 0.3) is 69.9 Å². The highest BCUT2D eigenvalue weighted by atomic mass is 32.1. The third-order valence-corrected chi connectivity index (χ3v) is 10.4. The van der Waals surface area contributed by atoms with Crippen molar-refractivity contribution in [3.8, 4) is 27.9 Å². The van der Waals surface area contributed by atoms with Gasteiger partial charge in [0.15, 0.2) is 0 Å². The Morgan fingerprint density at radius 3 is 1.80 bits per heavy atom. The number of benzene rings is 6. The van der Waals surface area contributed by atoms with E-state index in [-0.39, 0.29) is 5.41 Å². The number of fused-ring (bicyclic) bond motifs is 9. The SMILES string of the molecule is CC1(C)c2cc(-c3ccc4sc5ccccc5c4c3)ccc2-c2ccc(-n3c4ccccc4c4ccccc43)cc21. The predicted octanol–water partition coefficient (Wildman–Crippen LogP) is 11.1. The molecule has 0 saturated carbocycles. The molecule has 6 aromatic carbocycles. The average Bonchev–Trinajstić information content (AvgIpc) is 3.62. The van der Waals surface area contributed by atoms with E-state index < -0.39 is 0 Å². The van der Waals surface area contributed by atoms with Crippen molar-refractivity contribution < 1.29 is 0 Å². The molecule has 2 heterocycles. The standard InChI is InChI=1S/C39H27NS/c1-39(2)33-22-25(24-16-20-38-32(21-24)31-11-5-8-14-37(31)41-38)15-18-27(33)28-19-17-26(23-34(28)39)40-35-12-6-3-9-29(35)30-10-4-7-13-36(30)40/h3-23H,1-2H3. The molecule has 41 heavy (non-hydrogen) atoms. The average molecular weight is 542 g/mol. The van der Waals surface area contributed by atoms with Crippen LogP contribution >= 0.6 is 11.3 Å². The lowest BCUT2D eigenvalue weighted by Crippen LogP contribution is -2.15. The summed E-state index contributed by atoms with van der Waals surface area (Å²) in [5.41, 5.74) is 11.7. The molecule has 0 radical (unpaired) electrons. The van der Waals surface area contributed by atoms with E-state index in [4.69, 9.17) is 0 Å². The van der Waals surface area contributed by atoms with Crippen molar-refractivity contribution in [2.45, 2.75) is 19.3 Å². The quantitative estimate of drug-likeness (QED) is 0.205. The summed E-state index contributed by atoms with van der Waals surface area (Å²) in [5, 5.41) is 5.29. The Hall–Kier alpha value is -4.66. The van der Waals surface area contributed by atoms with Crippen LogP contribution in [0.5, 0.6) is 0 Å². The molecule has 2 aromatic heterocycles. The summed E-state index contributed by atoms with van der Waals surface area (Å²) in [6.45, 7) is 4.76. The van der Waals surface area contributed by atoms with Gasteiger partial charge in [-0.05, 0) is 81.9 Å². The van der Waals surface area contributed by atoms with Crippen LogP contribution < -0.4 is 0 Å². The van der Waals surface area contributed by atoms with Crippen LogP contribution in [0.3, 0.4) is 0 Å². The van der Waals surface area contributed by atoms with Gasteiger partial charge in [0.25, 0.3) is 0 Å². The van der Waals surface area contributed by atoms with Crippen molar-refractivity contribution in [2.24, 2.45) is 0 Å². The summed E-state index contributed by atoms with van der Waals surface area (Å²) in [6.07, 6.45) is 0. The maximum atomic E-state index is 2.44. The van der Waals surface area contributed by atoms with Gasteiger partial charge in [0.1, 0.15) is 0 Å². The van der Waals surface area contributed by atoms with E-state index in [1.165, 1.54) is 81.0 Å². The summed E-state index contributed by atoms with van der Waals surface area (Å²) >= 11 is 1.88. The molecule has 2 heteroatoms. The summed E-state index contributed by atoms with van der Waals surface area (Å²) in [5.74, 6) is 0. The Morgan fingerprint density at radius 2 is 1.05 bits per heavy atom. The van der Waals surface area contributed by atoms with E-state index in [0.717, 1.165) is 0 Å². The fraction of sp³-hybridized carbons (Fsp3) is 0.0769. The van der Waals surface area contributed by atoms with Crippen molar-refractivity contribution >= 4 is 53.3 Å². The normalized spacial score (nSPS) is 13.8. The molecule has 0 aliphatic heterocycles. The first kappa shape index (κ1) is 23.1. The Bertz CT molecular complexity index is 2290. The first-order valence-corrected chi connectivity index (χ1v) is 15.1. The molecular formula is C39H27NS. The highest BCUT2D eigenvalue weighted by molar-refractivity contribution is 7.25. The van der Waals surface area contributed by atoms with Gasteiger partial charge in [0.2, 0.25) is 0 Å². The van der Waals surface area contributed by atoms with Gasteiger partial charge >= 0.3 is 0 Å². The van der Waals surface area contributed by atoms with Crippen LogP contribution in [0.1, 0.15) is 25.0 Å². The van der Waals surface area contributed by atoms with Crippen LogP contribution in [-0.4, -0.2) is 4.57 Å². The van der Waals surface area contributed by atoms with Crippen LogP contribution in [0.4, 0.5) is 0 Å². The highest BCUT2D eigenvalue weighted by Crippen LogP contribution is 2.51. The summed E-state index contributed by atoms with van der Waals surface area (Å²) < 4.78 is 5.13. The molecule has 194 valence electrons. The van der Waals surface area contributed by atoms with E-state index in [1.54, 1.807) is 0 Å². The number of thiophene rings is 1. The topological polar surface area (TPSA) is 4.93 Å². The van der Waals surface area contributed by atoms with Crippen molar-refractivity contribution in [1.82, 2.24) is 4.57 Å². The maximum absolute atomic E-state index is 2.44. The van der Waals surface area contributed by atoms with Gasteiger partial charge in [-0.25, -0.2) is 0 Å². The lowest BCUT2D eigenvalue weighted by molar-refractivity contribution is 0.660. The maximum Gasteiger partial charge on any atom is 0.0541 e. The zero-order chi connectivity index (χ0) is 27.3. The number of para-hydroxylation sites is 2. The molecule has 0 spiro atoms. The highest BCUT2D eigenvalue weighted by Gasteiger charge is 2.36. The van der Waals surface area contributed by atoms with Gasteiger partial charge in [-0.15, -0.1) is 11.3 Å². The molecule has 1 aliphatic carbocycles. The van der Waals surface area contributed by atoms with Crippen LogP contribution in [0, 0.1) is 0 Å². The van der Waals surface area contributed by atoms with Gasteiger partial charge in [-0.3, -0.25) is 0 Å². The summed E-state index contributed by atoms with van der Waals surface area (Å²) in [4.78, 5) is 0. The fourth-order valence-electron chi connectivity index (χ4n) is 7.15. The number of nitrogens with zero attached hydrogens (tertiary/aromatic N) is 1. The van der Waals surface area contributed by atoms with Crippen molar-refractivity contribution in [3.63, 3.8) is 0 Å². The van der Waals surface area contributed by atoms with Gasteiger partial charge in [-0.1, -0.05) is 92.7 Å². The smallest absolute Gasteiger partial charge is 0.0541 e. The fourth-order valence-corrected chi connectivity index (χ4v) is 8.24. The van der Waals surface area contributed by atoms with Crippen molar-refractivity contribution in [1.29, 1.82) is 0 Å². The second-order valence-electron chi connectivity index (χ2n) is 11.8. The monoisotopic (exact) mass is 541 g/mol. The number of hydrogen-bond donors (Lipinski definition) is 0. The number of aromatic nitrogens is 1. The zero-order valence-electron chi connectivity index (χ0n) is 23.0. The number of hydrogen-bond acceptors (Lipinski definition) is 1. The Balaban J connectivity index is 1.19. The molecule has 8 aromatic rings. The Kier molecular flexibility index (Phi) is 4.61. The van der Waals surface area contributed by atoms with Gasteiger partial charge in [0, 0.05) is 42.0 Å². The third-order valence-electron chi connectivity index (χ3n) is 9.21. The lowest BCUT2D eigenvalue weighted by atomic mass is 9.81. The Morgan fingerprint density at radius 1 is 0.488 bits per heavy atom. The molecule has 0 unspecified atom stereocenters. The minimum Gasteiger partial charge on any atom is -0.309 e. The Labute approximate surface area is 242 Å². The second kappa shape index (κ2) is 8.19. The molecule has 0 N–H and O–H groups in total. The largest absolute Gasteiger partial charge is 0.309 e. The molecule has 0 amide bonds. The first-order chi connectivity index (χ1) is 20.1. The van der Waals surface area contributed by atoms with E-state index >= 15 is 0 Å². The van der Waals surface area contributed by atoms with Crippen LogP contribution in [0.2, 0.25) is 0 Å². The lowest BCUT2D eigenvalue weighted by Gasteiger charge is -2.23. The van der Waals surface area contributed by atoms with E-state index in [2.05, 4.69) is 146 Å². The van der Waals surface area contributed by atoms with E-state index in [1.807, 2.05) is 11.3 Å². The molecule has 0 bridgehead atoms. The zero-order valence-corrected chi connectivity index (χ0v) is 23.8. The van der Waals surface area contributed by atoms with Gasteiger partial charge < -0.3 is 4.57 Å². The molecule has 9 rings (SSSR count). The minimum atomic E-state index is -0.103. The molecule has 0 fully saturated rings. The van der Waals surface area contributed by atoms with Gasteiger partial charge in [-0.2, -0.15) is 0 Å². The molecule has 1 nitrogen and oxygen atoms in total. The summed E-state index contributed by atoms with van der Waals surface area (Å²) in [6, 6.07) is 47.4.